The molecule has 0 amide bonds. The number of rotatable bonds is 2. The number of hydrogen-bond donors (Lipinski definition) is 1. The molecule has 0 radical (unpaired) electrons. The molecule has 0 N–H and O–H groups in total. The summed E-state index contributed by atoms with van der Waals surface area (Å²) in [7, 11) is -2.45. The highest BCUT2D eigenvalue weighted by molar-refractivity contribution is 7.72. The maximum atomic E-state index is 10.4. The molecule has 1 aromatic rings. The van der Waals surface area contributed by atoms with Crippen LogP contribution in [-0.4, -0.2) is 8.42 Å². The Bertz CT molecular complexity index is 314. The summed E-state index contributed by atoms with van der Waals surface area (Å²) in [5.74, 6) is 0. The average molecular weight is 168 g/mol. The Morgan fingerprint density at radius 1 is 1.18 bits per heavy atom. The van der Waals surface area contributed by atoms with Crippen LogP contribution in [0.3, 0.4) is 0 Å². The first-order chi connectivity index (χ1) is 5.24. The van der Waals surface area contributed by atoms with Crippen molar-refractivity contribution in [1.29, 1.82) is 0 Å². The molecular formula is C8H8O2S. The van der Waals surface area contributed by atoms with Crippen LogP contribution in [0.15, 0.2) is 35.7 Å². The van der Waals surface area contributed by atoms with Gasteiger partial charge in [0, 0.05) is 0 Å². The van der Waals surface area contributed by atoms with Gasteiger partial charge in [0.05, 0.1) is 4.90 Å². The van der Waals surface area contributed by atoms with Gasteiger partial charge in [-0.2, -0.15) is 0 Å². The standard InChI is InChI=1S/C8H8O2S/c1-2-7-3-5-8(6-4-7)11(9)10/h2-6,11H,1H2. The van der Waals surface area contributed by atoms with Gasteiger partial charge < -0.3 is 0 Å². The van der Waals surface area contributed by atoms with Crippen molar-refractivity contribution in [3.63, 3.8) is 0 Å². The highest BCUT2D eigenvalue weighted by Gasteiger charge is 1.91. The van der Waals surface area contributed by atoms with Crippen LogP contribution in [0.25, 0.3) is 6.08 Å². The lowest BCUT2D eigenvalue weighted by atomic mass is 10.2. The summed E-state index contributed by atoms with van der Waals surface area (Å²) in [6, 6.07) is 6.55. The first-order valence-corrected chi connectivity index (χ1v) is 4.28. The minimum atomic E-state index is -2.45. The van der Waals surface area contributed by atoms with Crippen molar-refractivity contribution in [3.8, 4) is 0 Å². The van der Waals surface area contributed by atoms with Gasteiger partial charge in [0.2, 0.25) is 0 Å². The molecule has 3 heteroatoms. The van der Waals surface area contributed by atoms with E-state index in [4.69, 9.17) is 0 Å². The Morgan fingerprint density at radius 3 is 2.09 bits per heavy atom. The molecule has 0 aliphatic rings. The van der Waals surface area contributed by atoms with E-state index in [9.17, 15) is 8.42 Å². The third kappa shape index (κ3) is 1.91. The van der Waals surface area contributed by atoms with Crippen LogP contribution in [0.2, 0.25) is 0 Å². The maximum absolute atomic E-state index is 10.4. The number of hydrogen-bond acceptors (Lipinski definition) is 2. The maximum Gasteiger partial charge on any atom is 0.168 e. The molecular weight excluding hydrogens is 160 g/mol. The highest BCUT2D eigenvalue weighted by Crippen LogP contribution is 2.05. The molecule has 0 unspecified atom stereocenters. The molecule has 2 nitrogen and oxygen atoms in total. The lowest BCUT2D eigenvalue weighted by molar-refractivity contribution is 0.614. The van der Waals surface area contributed by atoms with Gasteiger partial charge in [0.25, 0.3) is 0 Å². The van der Waals surface area contributed by atoms with Crippen molar-refractivity contribution in [1.82, 2.24) is 0 Å². The Morgan fingerprint density at radius 2 is 1.73 bits per heavy atom. The minimum Gasteiger partial charge on any atom is -0.227 e. The van der Waals surface area contributed by atoms with Crippen molar-refractivity contribution >= 4 is 16.8 Å². The number of thiol groups is 1. The van der Waals surface area contributed by atoms with E-state index in [-0.39, 0.29) is 0 Å². The molecule has 1 aromatic carbocycles. The topological polar surface area (TPSA) is 34.1 Å². The average Bonchev–Trinajstić information content (AvgIpc) is 2.05. The van der Waals surface area contributed by atoms with Crippen molar-refractivity contribution in [3.05, 3.63) is 36.4 Å². The normalized spacial score (nSPS) is 9.91. The van der Waals surface area contributed by atoms with Crippen LogP contribution in [0.5, 0.6) is 0 Å². The van der Waals surface area contributed by atoms with E-state index < -0.39 is 10.7 Å². The fraction of sp³-hybridized carbons (Fsp3) is 0. The summed E-state index contributed by atoms with van der Waals surface area (Å²) in [6.07, 6.45) is 1.67. The molecule has 0 atom stereocenters. The summed E-state index contributed by atoms with van der Waals surface area (Å²) < 4.78 is 20.8. The van der Waals surface area contributed by atoms with Crippen molar-refractivity contribution < 1.29 is 8.42 Å². The smallest absolute Gasteiger partial charge is 0.168 e. The summed E-state index contributed by atoms with van der Waals surface area (Å²) in [6.45, 7) is 3.55. The third-order valence-electron chi connectivity index (χ3n) is 1.34. The molecule has 58 valence electrons. The molecule has 0 aromatic heterocycles. The quantitative estimate of drug-likeness (QED) is 0.675. The fourth-order valence-corrected chi connectivity index (χ4v) is 1.12. The molecule has 0 aliphatic heterocycles. The molecule has 0 saturated carbocycles. The van der Waals surface area contributed by atoms with E-state index in [0.29, 0.717) is 4.90 Å². The summed E-state index contributed by atoms with van der Waals surface area (Å²) >= 11 is 0. The lowest BCUT2D eigenvalue weighted by Gasteiger charge is -1.91. The second kappa shape index (κ2) is 3.34. The van der Waals surface area contributed by atoms with Crippen molar-refractivity contribution in [2.75, 3.05) is 0 Å². The van der Waals surface area contributed by atoms with Crippen molar-refractivity contribution in [2.24, 2.45) is 0 Å². The Hall–Kier alpha value is -1.09. The summed E-state index contributed by atoms with van der Waals surface area (Å²) in [5, 5.41) is 0. The highest BCUT2D eigenvalue weighted by atomic mass is 32.2. The van der Waals surface area contributed by atoms with Gasteiger partial charge in [-0.25, -0.2) is 8.42 Å². The van der Waals surface area contributed by atoms with Crippen LogP contribution < -0.4 is 0 Å². The van der Waals surface area contributed by atoms with Crippen molar-refractivity contribution in [2.45, 2.75) is 4.90 Å². The lowest BCUT2D eigenvalue weighted by Crippen LogP contribution is -1.78. The second-order valence-electron chi connectivity index (χ2n) is 2.05. The van der Waals surface area contributed by atoms with Gasteiger partial charge in [-0.05, 0) is 17.7 Å². The monoisotopic (exact) mass is 168 g/mol. The molecule has 0 aliphatic carbocycles. The third-order valence-corrected chi connectivity index (χ3v) is 2.06. The first kappa shape index (κ1) is 8.01. The van der Waals surface area contributed by atoms with E-state index in [1.807, 2.05) is 0 Å². The fourth-order valence-electron chi connectivity index (χ4n) is 0.732. The summed E-state index contributed by atoms with van der Waals surface area (Å²) in [4.78, 5) is 0.339. The predicted octanol–water partition coefficient (Wildman–Crippen LogP) is 1.30. The molecule has 0 saturated heterocycles. The van der Waals surface area contributed by atoms with E-state index in [0.717, 1.165) is 5.56 Å². The molecule has 0 bridgehead atoms. The zero-order valence-electron chi connectivity index (χ0n) is 5.86. The first-order valence-electron chi connectivity index (χ1n) is 3.11. The van der Waals surface area contributed by atoms with Crippen LogP contribution in [-0.2, 0) is 10.7 Å². The summed E-state index contributed by atoms with van der Waals surface area (Å²) in [5.41, 5.74) is 0.922. The molecule has 0 heterocycles. The second-order valence-corrected chi connectivity index (χ2v) is 3.08. The zero-order chi connectivity index (χ0) is 8.27. The Labute approximate surface area is 67.1 Å². The Balaban J connectivity index is 3.10. The van der Waals surface area contributed by atoms with Gasteiger partial charge >= 0.3 is 0 Å². The van der Waals surface area contributed by atoms with Gasteiger partial charge in [-0.1, -0.05) is 24.8 Å². The minimum absolute atomic E-state index is 0.339. The van der Waals surface area contributed by atoms with E-state index >= 15 is 0 Å². The number of benzene rings is 1. The van der Waals surface area contributed by atoms with Gasteiger partial charge in [-0.3, -0.25) is 0 Å². The molecule has 11 heavy (non-hydrogen) atoms. The van der Waals surface area contributed by atoms with Gasteiger partial charge in [0.15, 0.2) is 10.7 Å². The van der Waals surface area contributed by atoms with E-state index in [1.54, 1.807) is 30.3 Å². The van der Waals surface area contributed by atoms with E-state index in [1.165, 1.54) is 0 Å². The largest absolute Gasteiger partial charge is 0.227 e. The Kier molecular flexibility index (Phi) is 2.44. The van der Waals surface area contributed by atoms with Crippen LogP contribution in [0.1, 0.15) is 5.56 Å². The predicted molar refractivity (Wildman–Crippen MR) is 45.1 cm³/mol. The van der Waals surface area contributed by atoms with Crippen LogP contribution >= 0.6 is 0 Å². The molecule has 0 fully saturated rings. The molecule has 1 rings (SSSR count). The van der Waals surface area contributed by atoms with E-state index in [2.05, 4.69) is 6.58 Å². The molecule has 0 spiro atoms. The van der Waals surface area contributed by atoms with Gasteiger partial charge in [-0.15, -0.1) is 0 Å². The van der Waals surface area contributed by atoms with Gasteiger partial charge in [0.1, 0.15) is 0 Å². The van der Waals surface area contributed by atoms with Crippen LogP contribution in [0.4, 0.5) is 0 Å². The zero-order valence-corrected chi connectivity index (χ0v) is 6.75. The van der Waals surface area contributed by atoms with Crippen LogP contribution in [0, 0.1) is 0 Å². The SMILES string of the molecule is C=Cc1ccc([SH](=O)=O)cc1.